The molecule has 5 heteroatoms. The highest BCUT2D eigenvalue weighted by Gasteiger charge is 2.63. The smallest absolute Gasteiger partial charge is 0.173 e. The third kappa shape index (κ3) is 2.94. The van der Waals surface area contributed by atoms with Gasteiger partial charge in [-0.1, -0.05) is 31.2 Å². The van der Waals surface area contributed by atoms with Crippen LogP contribution in [-0.4, -0.2) is 36.9 Å². The number of oxime groups is 1. The average molecular weight is 403 g/mol. The first-order valence-corrected chi connectivity index (χ1v) is 11.6. The molecule has 160 valence electrons. The molecule has 3 unspecified atom stereocenters. The minimum atomic E-state index is -1.25. The van der Waals surface area contributed by atoms with Gasteiger partial charge in [0.05, 0.1) is 5.71 Å². The van der Waals surface area contributed by atoms with Crippen LogP contribution < -0.4 is 5.32 Å². The maximum absolute atomic E-state index is 14.4. The summed E-state index contributed by atoms with van der Waals surface area (Å²) in [5, 5.41) is 7.87. The predicted octanol–water partition coefficient (Wildman–Crippen LogP) is 4.45. The molecule has 1 heterocycles. The fourth-order valence-corrected chi connectivity index (χ4v) is 7.75. The molecule has 0 amide bonds. The first kappa shape index (κ1) is 19.7. The molecule has 8 atom stereocenters. The molecule has 5 fully saturated rings. The maximum atomic E-state index is 14.4. The second-order valence-corrected chi connectivity index (χ2v) is 10.9. The van der Waals surface area contributed by atoms with Crippen LogP contribution >= 0.6 is 0 Å². The molecular formula is C24H35FN2O2. The maximum Gasteiger partial charge on any atom is 0.173 e. The summed E-state index contributed by atoms with van der Waals surface area (Å²) in [5.74, 6) is 1.47. The summed E-state index contributed by atoms with van der Waals surface area (Å²) in [7, 11) is 0. The lowest BCUT2D eigenvalue weighted by Crippen LogP contribution is -2.54. The van der Waals surface area contributed by atoms with E-state index in [9.17, 15) is 9.18 Å². The highest BCUT2D eigenvalue weighted by atomic mass is 19.1. The van der Waals surface area contributed by atoms with Crippen LogP contribution in [0, 0.1) is 34.5 Å². The first-order chi connectivity index (χ1) is 13.8. The number of carbonyl (C=O) groups excluding carboxylic acids is 1. The summed E-state index contributed by atoms with van der Waals surface area (Å²) < 4.78 is 14.4. The Morgan fingerprint density at radius 3 is 2.79 bits per heavy atom. The van der Waals surface area contributed by atoms with Crippen molar-refractivity contribution >= 4 is 11.5 Å². The largest absolute Gasteiger partial charge is 0.391 e. The number of ketones is 1. The van der Waals surface area contributed by atoms with Crippen LogP contribution in [0.1, 0.15) is 65.2 Å². The number of hydrogen-bond donors (Lipinski definition) is 1. The van der Waals surface area contributed by atoms with E-state index in [-0.39, 0.29) is 23.2 Å². The zero-order chi connectivity index (χ0) is 20.4. The molecule has 0 spiro atoms. The molecule has 1 N–H and O–H groups in total. The normalized spacial score (nSPS) is 50.9. The molecular weight excluding hydrogens is 367 g/mol. The molecule has 5 rings (SSSR count). The van der Waals surface area contributed by atoms with E-state index >= 15 is 0 Å². The number of halogens is 1. The summed E-state index contributed by atoms with van der Waals surface area (Å²) in [6.45, 7) is 10.9. The van der Waals surface area contributed by atoms with E-state index in [4.69, 9.17) is 4.84 Å². The standard InChI is InChI=1S/C24H35FN2O2/c1-14-10-17-18(5-8-24(3)20(17)12-21(25)22(24)28)23(2)7-4-15(11-19(14)23)27-29-16-6-9-26-13-16/h16-21,26H,1,4-13H2,2-3H3/t16-,17?,18?,19+,20?,21-,23-,24+/m1/s1. The van der Waals surface area contributed by atoms with E-state index in [1.165, 1.54) is 11.3 Å². The topological polar surface area (TPSA) is 50.7 Å². The number of nitrogens with one attached hydrogen (secondary N) is 1. The monoisotopic (exact) mass is 402 g/mol. The number of allylic oxidation sites excluding steroid dienone is 1. The molecule has 0 aromatic carbocycles. The fourth-order valence-electron chi connectivity index (χ4n) is 7.75. The molecule has 0 aromatic rings. The molecule has 1 aliphatic heterocycles. The Labute approximate surface area is 173 Å². The Hall–Kier alpha value is -1.23. The van der Waals surface area contributed by atoms with Crippen LogP contribution in [0.2, 0.25) is 0 Å². The van der Waals surface area contributed by atoms with Gasteiger partial charge in [0.25, 0.3) is 0 Å². The zero-order valence-corrected chi connectivity index (χ0v) is 17.9. The third-order valence-electron chi connectivity index (χ3n) is 9.51. The number of Topliss-reactive ketones (excluding diaryl/α,β-unsaturated/α-hetero) is 1. The number of alkyl halides is 1. The van der Waals surface area contributed by atoms with Gasteiger partial charge in [-0.3, -0.25) is 4.79 Å². The Morgan fingerprint density at radius 1 is 1.21 bits per heavy atom. The second kappa shape index (κ2) is 6.90. The van der Waals surface area contributed by atoms with E-state index in [1.807, 2.05) is 6.92 Å². The molecule has 5 aliphatic rings. The molecule has 4 saturated carbocycles. The van der Waals surface area contributed by atoms with Gasteiger partial charge in [-0.05, 0) is 80.6 Å². The third-order valence-corrected chi connectivity index (χ3v) is 9.51. The lowest BCUT2D eigenvalue weighted by molar-refractivity contribution is -0.136. The first-order valence-electron chi connectivity index (χ1n) is 11.6. The van der Waals surface area contributed by atoms with Crippen molar-refractivity contribution in [3.63, 3.8) is 0 Å². The van der Waals surface area contributed by atoms with Crippen LogP contribution in [0.25, 0.3) is 0 Å². The van der Waals surface area contributed by atoms with E-state index in [0.29, 0.717) is 24.2 Å². The molecule has 0 radical (unpaired) electrons. The van der Waals surface area contributed by atoms with Crippen LogP contribution in [-0.2, 0) is 9.63 Å². The molecule has 0 bridgehead atoms. The summed E-state index contributed by atoms with van der Waals surface area (Å²) in [4.78, 5) is 18.4. The minimum Gasteiger partial charge on any atom is -0.391 e. The number of nitrogens with zero attached hydrogens (tertiary/aromatic N) is 1. The van der Waals surface area contributed by atoms with Gasteiger partial charge in [-0.25, -0.2) is 4.39 Å². The van der Waals surface area contributed by atoms with Crippen molar-refractivity contribution in [1.29, 1.82) is 0 Å². The summed E-state index contributed by atoms with van der Waals surface area (Å²) in [6, 6.07) is 0. The van der Waals surface area contributed by atoms with Gasteiger partial charge >= 0.3 is 0 Å². The van der Waals surface area contributed by atoms with Crippen LogP contribution in [0.5, 0.6) is 0 Å². The lowest BCUT2D eigenvalue weighted by Gasteiger charge is -2.60. The quantitative estimate of drug-likeness (QED) is 0.548. The summed E-state index contributed by atoms with van der Waals surface area (Å²) in [5.41, 5.74) is 2.21. The van der Waals surface area contributed by atoms with Gasteiger partial charge in [-0.2, -0.15) is 0 Å². The number of carbonyl (C=O) groups is 1. The fraction of sp³-hybridized carbons (Fsp3) is 0.833. The molecule has 1 saturated heterocycles. The number of rotatable bonds is 2. The van der Waals surface area contributed by atoms with E-state index < -0.39 is 11.6 Å². The van der Waals surface area contributed by atoms with Crippen molar-refractivity contribution in [3.05, 3.63) is 12.2 Å². The SMILES string of the molecule is C=C1CC2C3C[C@@H](F)C(=O)[C@@]3(C)CCC2[C@@]2(C)CCC(=NO[C@@H]3CCNC3)C[C@@H]12. The van der Waals surface area contributed by atoms with Crippen molar-refractivity contribution in [2.24, 2.45) is 39.7 Å². The van der Waals surface area contributed by atoms with Crippen LogP contribution in [0.3, 0.4) is 0 Å². The van der Waals surface area contributed by atoms with E-state index in [2.05, 4.69) is 24.0 Å². The Kier molecular flexibility index (Phi) is 4.69. The molecule has 4 nitrogen and oxygen atoms in total. The Bertz CT molecular complexity index is 745. The zero-order valence-electron chi connectivity index (χ0n) is 17.9. The second-order valence-electron chi connectivity index (χ2n) is 10.9. The van der Waals surface area contributed by atoms with Gasteiger partial charge in [0, 0.05) is 18.4 Å². The van der Waals surface area contributed by atoms with Crippen molar-refractivity contribution in [3.8, 4) is 0 Å². The van der Waals surface area contributed by atoms with E-state index in [1.54, 1.807) is 0 Å². The van der Waals surface area contributed by atoms with Gasteiger partial charge in [0.1, 0.15) is 6.10 Å². The average Bonchev–Trinajstić information content (AvgIpc) is 3.29. The highest BCUT2D eigenvalue weighted by Crippen LogP contribution is 2.66. The molecule has 29 heavy (non-hydrogen) atoms. The van der Waals surface area contributed by atoms with Crippen LogP contribution in [0.15, 0.2) is 17.3 Å². The van der Waals surface area contributed by atoms with Crippen molar-refractivity contribution in [2.45, 2.75) is 77.5 Å². The lowest BCUT2D eigenvalue weighted by atomic mass is 9.44. The predicted molar refractivity (Wildman–Crippen MR) is 111 cm³/mol. The van der Waals surface area contributed by atoms with Crippen molar-refractivity contribution in [2.75, 3.05) is 13.1 Å². The van der Waals surface area contributed by atoms with Gasteiger partial charge in [0.15, 0.2) is 12.0 Å². The van der Waals surface area contributed by atoms with E-state index in [0.717, 1.165) is 58.0 Å². The molecule has 4 aliphatic carbocycles. The highest BCUT2D eigenvalue weighted by molar-refractivity contribution is 5.91. The number of hydrogen-bond acceptors (Lipinski definition) is 4. The van der Waals surface area contributed by atoms with Gasteiger partial charge < -0.3 is 10.2 Å². The summed E-state index contributed by atoms with van der Waals surface area (Å²) in [6.07, 6.45) is 6.30. The number of fused-ring (bicyclic) bond motifs is 5. The van der Waals surface area contributed by atoms with Crippen molar-refractivity contribution < 1.29 is 14.0 Å². The minimum absolute atomic E-state index is 0.129. The molecule has 0 aromatic heterocycles. The summed E-state index contributed by atoms with van der Waals surface area (Å²) >= 11 is 0. The van der Waals surface area contributed by atoms with Gasteiger partial charge in [-0.15, -0.1) is 0 Å². The van der Waals surface area contributed by atoms with Crippen molar-refractivity contribution in [1.82, 2.24) is 5.32 Å². The Morgan fingerprint density at radius 2 is 2.03 bits per heavy atom. The van der Waals surface area contributed by atoms with Crippen LogP contribution in [0.4, 0.5) is 4.39 Å². The Balaban J connectivity index is 1.36. The van der Waals surface area contributed by atoms with Gasteiger partial charge in [0.2, 0.25) is 0 Å².